The zero-order chi connectivity index (χ0) is 25.1. The Hall–Kier alpha value is -3.43. The SMILES string of the molecule is COCCn1c(C)cc([C@@H]2[C@@H](c3ccccn3)NC(=S)N2c2ccc(OC)c(NC(C)=O)c2)c1C. The van der Waals surface area contributed by atoms with Gasteiger partial charge in [0.1, 0.15) is 5.75 Å². The highest BCUT2D eigenvalue weighted by atomic mass is 32.1. The fourth-order valence-corrected chi connectivity index (χ4v) is 5.08. The number of anilines is 2. The largest absolute Gasteiger partial charge is 0.495 e. The molecule has 9 heteroatoms. The van der Waals surface area contributed by atoms with E-state index in [-0.39, 0.29) is 18.0 Å². The molecule has 1 saturated heterocycles. The number of hydrogen-bond donors (Lipinski definition) is 2. The number of rotatable bonds is 8. The maximum absolute atomic E-state index is 11.8. The van der Waals surface area contributed by atoms with E-state index < -0.39 is 0 Å². The van der Waals surface area contributed by atoms with Crippen LogP contribution in [0.15, 0.2) is 48.7 Å². The molecule has 184 valence electrons. The molecule has 0 bridgehead atoms. The van der Waals surface area contributed by atoms with E-state index in [4.69, 9.17) is 21.7 Å². The highest BCUT2D eigenvalue weighted by Gasteiger charge is 2.42. The van der Waals surface area contributed by atoms with Crippen LogP contribution in [-0.2, 0) is 16.1 Å². The molecule has 0 aliphatic carbocycles. The highest BCUT2D eigenvalue weighted by Crippen LogP contribution is 2.44. The summed E-state index contributed by atoms with van der Waals surface area (Å²) in [5, 5.41) is 6.95. The fourth-order valence-electron chi connectivity index (χ4n) is 4.74. The van der Waals surface area contributed by atoms with E-state index in [1.54, 1.807) is 20.4 Å². The van der Waals surface area contributed by atoms with Gasteiger partial charge in [0.05, 0.1) is 37.2 Å². The van der Waals surface area contributed by atoms with E-state index in [0.717, 1.165) is 34.9 Å². The average Bonchev–Trinajstić information content (AvgIpc) is 3.33. The number of methoxy groups -OCH3 is 2. The number of nitrogens with one attached hydrogen (secondary N) is 2. The van der Waals surface area contributed by atoms with Crippen molar-refractivity contribution in [3.05, 3.63) is 71.3 Å². The topological polar surface area (TPSA) is 80.7 Å². The number of ether oxygens (including phenoxy) is 2. The maximum atomic E-state index is 11.8. The van der Waals surface area contributed by atoms with E-state index in [0.29, 0.717) is 23.2 Å². The molecule has 35 heavy (non-hydrogen) atoms. The minimum absolute atomic E-state index is 0.154. The second kappa shape index (κ2) is 10.5. The smallest absolute Gasteiger partial charge is 0.221 e. The monoisotopic (exact) mass is 493 g/mol. The Balaban J connectivity index is 1.85. The quantitative estimate of drug-likeness (QED) is 0.453. The Bertz CT molecular complexity index is 1230. The summed E-state index contributed by atoms with van der Waals surface area (Å²) >= 11 is 5.86. The van der Waals surface area contributed by atoms with Gasteiger partial charge in [0, 0.05) is 43.9 Å². The second-order valence-corrected chi connectivity index (χ2v) is 8.92. The van der Waals surface area contributed by atoms with E-state index in [9.17, 15) is 4.79 Å². The van der Waals surface area contributed by atoms with Gasteiger partial charge in [-0.15, -0.1) is 0 Å². The first-order valence-electron chi connectivity index (χ1n) is 11.5. The van der Waals surface area contributed by atoms with Crippen molar-refractivity contribution in [2.45, 2.75) is 39.4 Å². The number of amides is 1. The van der Waals surface area contributed by atoms with Gasteiger partial charge in [-0.05, 0) is 68.0 Å². The average molecular weight is 494 g/mol. The summed E-state index contributed by atoms with van der Waals surface area (Å²) in [5.41, 5.74) is 5.79. The summed E-state index contributed by atoms with van der Waals surface area (Å²) in [7, 11) is 3.29. The lowest BCUT2D eigenvalue weighted by molar-refractivity contribution is -0.114. The molecule has 1 fully saturated rings. The summed E-state index contributed by atoms with van der Waals surface area (Å²) < 4.78 is 13.1. The van der Waals surface area contributed by atoms with Crippen LogP contribution in [0.1, 0.15) is 41.7 Å². The summed E-state index contributed by atoms with van der Waals surface area (Å²) in [5.74, 6) is 0.407. The molecule has 2 atom stereocenters. The Morgan fingerprint density at radius 3 is 2.66 bits per heavy atom. The van der Waals surface area contributed by atoms with Gasteiger partial charge in [0.25, 0.3) is 0 Å². The number of aromatic nitrogens is 2. The predicted octanol–water partition coefficient (Wildman–Crippen LogP) is 4.29. The predicted molar refractivity (Wildman–Crippen MR) is 141 cm³/mol. The molecule has 0 saturated carbocycles. The third-order valence-corrected chi connectivity index (χ3v) is 6.64. The number of aryl methyl sites for hydroxylation is 1. The summed E-state index contributed by atoms with van der Waals surface area (Å²) in [6, 6.07) is 13.5. The molecule has 2 N–H and O–H groups in total. The van der Waals surface area contributed by atoms with Crippen molar-refractivity contribution in [1.82, 2.24) is 14.9 Å². The first kappa shape index (κ1) is 24.7. The molecule has 1 aliphatic heterocycles. The van der Waals surface area contributed by atoms with Crippen LogP contribution in [-0.4, -0.2) is 41.4 Å². The van der Waals surface area contributed by atoms with Crippen molar-refractivity contribution in [1.29, 1.82) is 0 Å². The van der Waals surface area contributed by atoms with Gasteiger partial charge in [0.15, 0.2) is 5.11 Å². The molecule has 8 nitrogen and oxygen atoms in total. The lowest BCUT2D eigenvalue weighted by Gasteiger charge is -2.29. The van der Waals surface area contributed by atoms with Crippen molar-refractivity contribution in [3.63, 3.8) is 0 Å². The molecule has 4 rings (SSSR count). The first-order valence-corrected chi connectivity index (χ1v) is 11.9. The molecular weight excluding hydrogens is 462 g/mol. The maximum Gasteiger partial charge on any atom is 0.221 e. The van der Waals surface area contributed by atoms with Crippen LogP contribution < -0.4 is 20.3 Å². The molecule has 0 unspecified atom stereocenters. The molecule has 0 spiro atoms. The third kappa shape index (κ3) is 4.87. The number of nitrogens with zero attached hydrogens (tertiary/aromatic N) is 3. The van der Waals surface area contributed by atoms with E-state index in [1.165, 1.54) is 6.92 Å². The molecule has 1 aromatic carbocycles. The van der Waals surface area contributed by atoms with Crippen molar-refractivity contribution in [3.8, 4) is 5.75 Å². The number of benzene rings is 1. The van der Waals surface area contributed by atoms with Crippen molar-refractivity contribution in [2.75, 3.05) is 31.0 Å². The molecule has 1 amide bonds. The van der Waals surface area contributed by atoms with E-state index in [1.807, 2.05) is 36.4 Å². The number of thiocarbonyl (C=S) groups is 1. The van der Waals surface area contributed by atoms with Gasteiger partial charge in [-0.25, -0.2) is 0 Å². The molecule has 3 aromatic rings. The minimum Gasteiger partial charge on any atom is -0.495 e. The minimum atomic E-state index is -0.174. The standard InChI is InChI=1S/C26H31N5O3S/c1-16-14-20(17(2)30(16)12-13-33-4)25-24(21-8-6-7-11-27-21)29-26(35)31(25)19-9-10-23(34-5)22(15-19)28-18(3)32/h6-11,14-15,24-25H,12-13H2,1-5H3,(H,28,32)(H,29,35)/t24-,25-/m1/s1. The van der Waals surface area contributed by atoms with Gasteiger partial charge in [-0.2, -0.15) is 0 Å². The van der Waals surface area contributed by atoms with Crippen LogP contribution in [0.2, 0.25) is 0 Å². The molecule has 1 aliphatic rings. The van der Waals surface area contributed by atoms with Gasteiger partial charge < -0.3 is 29.6 Å². The zero-order valence-corrected chi connectivity index (χ0v) is 21.5. The Morgan fingerprint density at radius 2 is 2.00 bits per heavy atom. The van der Waals surface area contributed by atoms with Gasteiger partial charge in [0.2, 0.25) is 5.91 Å². The first-order chi connectivity index (χ1) is 16.8. The lowest BCUT2D eigenvalue weighted by Crippen LogP contribution is -2.29. The Labute approximate surface area is 211 Å². The van der Waals surface area contributed by atoms with Crippen LogP contribution >= 0.6 is 12.2 Å². The zero-order valence-electron chi connectivity index (χ0n) is 20.7. The van der Waals surface area contributed by atoms with Crippen LogP contribution in [0.3, 0.4) is 0 Å². The number of carbonyl (C=O) groups is 1. The molecule has 3 heterocycles. The fraction of sp³-hybridized carbons (Fsp3) is 0.346. The Morgan fingerprint density at radius 1 is 1.20 bits per heavy atom. The third-order valence-electron chi connectivity index (χ3n) is 6.32. The number of pyridine rings is 1. The summed E-state index contributed by atoms with van der Waals surface area (Å²) in [6.07, 6.45) is 1.80. The van der Waals surface area contributed by atoms with Crippen LogP contribution in [0.4, 0.5) is 11.4 Å². The van der Waals surface area contributed by atoms with Crippen LogP contribution in [0, 0.1) is 13.8 Å². The van der Waals surface area contributed by atoms with Crippen LogP contribution in [0.25, 0.3) is 0 Å². The van der Waals surface area contributed by atoms with Gasteiger partial charge in [-0.1, -0.05) is 6.07 Å². The molecule has 0 radical (unpaired) electrons. The molecular formula is C26H31N5O3S. The van der Waals surface area contributed by atoms with Crippen LogP contribution in [0.5, 0.6) is 5.75 Å². The number of hydrogen-bond acceptors (Lipinski definition) is 5. The van der Waals surface area contributed by atoms with Crippen molar-refractivity contribution in [2.24, 2.45) is 0 Å². The molecule has 2 aromatic heterocycles. The normalized spacial score (nSPS) is 17.4. The Kier molecular flexibility index (Phi) is 7.37. The highest BCUT2D eigenvalue weighted by molar-refractivity contribution is 7.80. The van der Waals surface area contributed by atoms with E-state index in [2.05, 4.69) is 45.0 Å². The van der Waals surface area contributed by atoms with Gasteiger partial charge in [-0.3, -0.25) is 9.78 Å². The summed E-state index contributed by atoms with van der Waals surface area (Å²) in [6.45, 7) is 7.10. The van der Waals surface area contributed by atoms with Crippen molar-refractivity contribution < 1.29 is 14.3 Å². The van der Waals surface area contributed by atoms with E-state index >= 15 is 0 Å². The number of carbonyl (C=O) groups excluding carboxylic acids is 1. The van der Waals surface area contributed by atoms with Gasteiger partial charge >= 0.3 is 0 Å². The summed E-state index contributed by atoms with van der Waals surface area (Å²) in [4.78, 5) is 18.6. The second-order valence-electron chi connectivity index (χ2n) is 8.53. The lowest BCUT2D eigenvalue weighted by atomic mass is 9.96. The van der Waals surface area contributed by atoms with Crippen molar-refractivity contribution >= 4 is 34.6 Å².